The van der Waals surface area contributed by atoms with E-state index in [9.17, 15) is 34.3 Å². The number of carbonyl (C=O) groups is 3. The maximum atomic E-state index is 12.0. The Bertz CT molecular complexity index is 912. The second-order valence-corrected chi connectivity index (χ2v) is 10.2. The molecule has 16 heteroatoms. The number of aliphatic hydroxyl groups excluding tert-OH is 1. The molecule has 5 N–H and O–H groups in total. The van der Waals surface area contributed by atoms with Crippen LogP contribution in [0.15, 0.2) is 30.3 Å². The molecule has 226 valence electrons. The van der Waals surface area contributed by atoms with Gasteiger partial charge in [0.2, 0.25) is 0 Å². The van der Waals surface area contributed by atoms with Crippen molar-refractivity contribution < 1.29 is 48.4 Å². The van der Waals surface area contributed by atoms with Crippen molar-refractivity contribution in [1.82, 2.24) is 24.9 Å². The van der Waals surface area contributed by atoms with Crippen LogP contribution in [-0.2, 0) is 30.0 Å². The Labute approximate surface area is 233 Å². The molecular weight excluding hydrogens is 549 g/mol. The highest BCUT2D eigenvalue weighted by molar-refractivity contribution is 7.32. The molecule has 1 aromatic rings. The molecule has 0 aromatic heterocycles. The first kappa shape index (κ1) is 33.6. The van der Waals surface area contributed by atoms with Gasteiger partial charge < -0.3 is 30.3 Å². The summed E-state index contributed by atoms with van der Waals surface area (Å²) in [5, 5.41) is 31.8. The molecule has 1 aromatic carbocycles. The zero-order valence-corrected chi connectivity index (χ0v) is 23.4. The summed E-state index contributed by atoms with van der Waals surface area (Å²) < 4.78 is 21.1. The van der Waals surface area contributed by atoms with Crippen molar-refractivity contribution in [1.29, 1.82) is 0 Å². The lowest BCUT2D eigenvalue weighted by atomic mass is 10.2. The van der Waals surface area contributed by atoms with Crippen LogP contribution in [0.3, 0.4) is 0 Å². The minimum Gasteiger partial charge on any atom is -0.480 e. The molecule has 1 heterocycles. The van der Waals surface area contributed by atoms with E-state index in [0.29, 0.717) is 52.4 Å². The van der Waals surface area contributed by atoms with Gasteiger partial charge in [0.1, 0.15) is 13.3 Å². The maximum Gasteiger partial charge on any atom is 0.407 e. The van der Waals surface area contributed by atoms with E-state index in [0.717, 1.165) is 5.56 Å². The normalized spacial score (nSPS) is 18.6. The van der Waals surface area contributed by atoms with Gasteiger partial charge in [-0.3, -0.25) is 38.3 Å². The van der Waals surface area contributed by atoms with Gasteiger partial charge in [0.05, 0.1) is 19.2 Å². The number of nitrogens with zero attached hydrogens (tertiary/aromatic N) is 4. The second-order valence-electron chi connectivity index (χ2n) is 9.39. The lowest BCUT2D eigenvalue weighted by Gasteiger charge is -2.33. The number of hydrogen-bond donors (Lipinski definition) is 5. The molecule has 0 spiro atoms. The smallest absolute Gasteiger partial charge is 0.407 e. The van der Waals surface area contributed by atoms with E-state index in [1.54, 1.807) is 14.7 Å². The van der Waals surface area contributed by atoms with Gasteiger partial charge in [0.15, 0.2) is 0 Å². The summed E-state index contributed by atoms with van der Waals surface area (Å²) in [7, 11) is -3.16. The van der Waals surface area contributed by atoms with Gasteiger partial charge in [-0.2, -0.15) is 0 Å². The van der Waals surface area contributed by atoms with Crippen LogP contribution in [0.4, 0.5) is 4.79 Å². The van der Waals surface area contributed by atoms with Crippen molar-refractivity contribution in [3.63, 3.8) is 0 Å². The molecule has 15 nitrogen and oxygen atoms in total. The highest BCUT2D eigenvalue weighted by Crippen LogP contribution is 2.14. The van der Waals surface area contributed by atoms with Gasteiger partial charge in [-0.15, -0.1) is 0 Å². The van der Waals surface area contributed by atoms with Crippen LogP contribution in [0.1, 0.15) is 5.56 Å². The van der Waals surface area contributed by atoms with Crippen molar-refractivity contribution >= 4 is 26.3 Å². The quantitative estimate of drug-likeness (QED) is 0.176. The van der Waals surface area contributed by atoms with E-state index < -0.39 is 32.4 Å². The van der Waals surface area contributed by atoms with E-state index in [-0.39, 0.29) is 39.5 Å². The highest BCUT2D eigenvalue weighted by Gasteiger charge is 2.21. The average Bonchev–Trinajstić information content (AvgIpc) is 2.90. The molecule has 0 aliphatic carbocycles. The number of ether oxygens (including phenoxy) is 1. The van der Waals surface area contributed by atoms with Gasteiger partial charge in [0.25, 0.3) is 0 Å². The Kier molecular flexibility index (Phi) is 15.7. The molecule has 1 amide bonds. The van der Waals surface area contributed by atoms with Crippen LogP contribution in [0.5, 0.6) is 0 Å². The number of carbonyl (C=O) groups excluding carboxylic acids is 1. The molecule has 2 atom stereocenters. The minimum absolute atomic E-state index is 0.0647. The van der Waals surface area contributed by atoms with Crippen LogP contribution >= 0.6 is 8.25 Å². The fraction of sp³-hybridized carbons (Fsp3) is 0.625. The predicted octanol–water partition coefficient (Wildman–Crippen LogP) is -0.979. The molecule has 0 saturated carbocycles. The summed E-state index contributed by atoms with van der Waals surface area (Å²) >= 11 is 0. The van der Waals surface area contributed by atoms with Crippen LogP contribution in [-0.4, -0.2) is 149 Å². The third-order valence-electron chi connectivity index (χ3n) is 6.18. The van der Waals surface area contributed by atoms with Crippen LogP contribution < -0.4 is 5.32 Å². The van der Waals surface area contributed by atoms with Gasteiger partial charge in [-0.25, -0.2) is 4.79 Å². The predicted molar refractivity (Wildman–Crippen MR) is 144 cm³/mol. The van der Waals surface area contributed by atoms with Crippen molar-refractivity contribution in [2.45, 2.75) is 12.7 Å². The molecule has 1 saturated heterocycles. The first-order chi connectivity index (χ1) is 19.1. The monoisotopic (exact) mass is 589 g/mol. The van der Waals surface area contributed by atoms with Crippen molar-refractivity contribution in [2.24, 2.45) is 0 Å². The van der Waals surface area contributed by atoms with Gasteiger partial charge in [-0.05, 0) is 5.56 Å². The number of nitrogens with one attached hydrogen (secondary N) is 1. The molecule has 2 unspecified atom stereocenters. The SMILES string of the molecule is O=C(O)CN1CCN(CO[PH](=O)O)CCN(CC(=O)O)CCN(CC(O)CNC(=O)OCc2ccccc2)CC1. The molecule has 0 radical (unpaired) electrons. The van der Waals surface area contributed by atoms with E-state index in [1.807, 2.05) is 35.2 Å². The van der Waals surface area contributed by atoms with E-state index >= 15 is 0 Å². The fourth-order valence-electron chi connectivity index (χ4n) is 4.07. The van der Waals surface area contributed by atoms with Gasteiger partial charge in [0, 0.05) is 65.4 Å². The summed E-state index contributed by atoms with van der Waals surface area (Å²) in [6.45, 7) is 2.37. The summed E-state index contributed by atoms with van der Waals surface area (Å²) in [6.07, 6.45) is -1.62. The summed E-state index contributed by atoms with van der Waals surface area (Å²) in [5.41, 5.74) is 0.828. The Balaban J connectivity index is 1.97. The molecule has 2 rings (SSSR count). The third kappa shape index (κ3) is 15.2. The van der Waals surface area contributed by atoms with E-state index in [2.05, 4.69) is 5.32 Å². The van der Waals surface area contributed by atoms with Crippen LogP contribution in [0.25, 0.3) is 0 Å². The number of aliphatic carboxylic acids is 2. The number of amides is 1. The largest absolute Gasteiger partial charge is 0.480 e. The number of rotatable bonds is 13. The third-order valence-corrected chi connectivity index (χ3v) is 6.56. The molecule has 1 aliphatic heterocycles. The first-order valence-electron chi connectivity index (χ1n) is 12.9. The van der Waals surface area contributed by atoms with Crippen LogP contribution in [0.2, 0.25) is 0 Å². The lowest BCUT2D eigenvalue weighted by molar-refractivity contribution is -0.139. The summed E-state index contributed by atoms with van der Waals surface area (Å²) in [6, 6.07) is 9.16. The first-order valence-corrected chi connectivity index (χ1v) is 14.2. The van der Waals surface area contributed by atoms with Crippen LogP contribution in [0, 0.1) is 0 Å². The molecule has 1 aliphatic rings. The number of carboxylic acid groups (broad SMARTS) is 2. The number of carboxylic acids is 2. The van der Waals surface area contributed by atoms with Gasteiger partial charge >= 0.3 is 26.3 Å². The Hall–Kier alpha value is -2.62. The molecule has 1 fully saturated rings. The fourth-order valence-corrected chi connectivity index (χ4v) is 4.37. The lowest BCUT2D eigenvalue weighted by Crippen LogP contribution is -2.49. The van der Waals surface area contributed by atoms with Crippen molar-refractivity contribution in [3.05, 3.63) is 35.9 Å². The van der Waals surface area contributed by atoms with E-state index in [1.165, 1.54) is 0 Å². The van der Waals surface area contributed by atoms with Gasteiger partial charge in [-0.1, -0.05) is 30.3 Å². The number of hydrogen-bond acceptors (Lipinski definition) is 11. The molecular formula is C24H40N5O10P. The topological polar surface area (TPSA) is 193 Å². The van der Waals surface area contributed by atoms with Crippen molar-refractivity contribution in [3.8, 4) is 0 Å². The Morgan fingerprint density at radius 3 is 1.85 bits per heavy atom. The molecule has 0 bridgehead atoms. The summed E-state index contributed by atoms with van der Waals surface area (Å²) in [4.78, 5) is 51.0. The van der Waals surface area contributed by atoms with E-state index in [4.69, 9.17) is 14.2 Å². The number of alkyl carbamates (subject to hydrolysis) is 1. The van der Waals surface area contributed by atoms with Crippen molar-refractivity contribution in [2.75, 3.05) is 85.3 Å². The average molecular weight is 590 g/mol. The number of benzene rings is 1. The maximum absolute atomic E-state index is 12.0. The standard InChI is InChI=1S/C24H40N5O10P/c30-21(14-25-24(35)38-18-20-4-2-1-3-5-20)15-26-6-8-27(16-22(31)32)10-12-29(19-39-40(36)37)13-11-28(9-7-26)17-23(33)34/h1-5,21,30,40H,6-19H2,(H,25,35)(H,31,32)(H,33,34)(H,36,37). The number of aliphatic hydroxyl groups is 1. The zero-order chi connectivity index (χ0) is 29.3. The molecule has 40 heavy (non-hydrogen) atoms. The highest BCUT2D eigenvalue weighted by atomic mass is 31.1. The Morgan fingerprint density at radius 1 is 0.850 bits per heavy atom. The summed E-state index contributed by atoms with van der Waals surface area (Å²) in [5.74, 6) is -2.01. The minimum atomic E-state index is -3.16. The Morgan fingerprint density at radius 2 is 1.35 bits per heavy atom. The number of β-amino-alcohol motifs (C(OH)–C–C–N with tert-alkyl or cyclic N) is 1. The zero-order valence-electron chi connectivity index (χ0n) is 22.4. The second kappa shape index (κ2) is 18.7.